The number of ether oxygens (including phenoxy) is 1. The number of nitrogens with zero attached hydrogens (tertiary/aromatic N) is 1. The summed E-state index contributed by atoms with van der Waals surface area (Å²) >= 11 is 0. The molecule has 1 N–H and O–H groups in total. The number of rotatable bonds is 9. The second kappa shape index (κ2) is 9.39. The van der Waals surface area contributed by atoms with Crippen molar-refractivity contribution in [2.45, 2.75) is 33.9 Å². The summed E-state index contributed by atoms with van der Waals surface area (Å²) in [4.78, 5) is 30.4. The van der Waals surface area contributed by atoms with Gasteiger partial charge in [-0.1, -0.05) is 30.3 Å². The van der Waals surface area contributed by atoms with E-state index >= 15 is 0 Å². The van der Waals surface area contributed by atoms with Gasteiger partial charge in [0, 0.05) is 12.2 Å². The molecule has 6 heteroatoms. The van der Waals surface area contributed by atoms with E-state index in [2.05, 4.69) is 4.98 Å². The van der Waals surface area contributed by atoms with Crippen molar-refractivity contribution in [3.63, 3.8) is 0 Å². The molecule has 0 bridgehead atoms. The van der Waals surface area contributed by atoms with Gasteiger partial charge in [-0.05, 0) is 44.0 Å². The molecule has 0 saturated carbocycles. The second-order valence-electron chi connectivity index (χ2n) is 6.98. The van der Waals surface area contributed by atoms with Crippen LogP contribution < -0.4 is 0 Å². The molecule has 0 aliphatic carbocycles. The lowest BCUT2D eigenvalue weighted by atomic mass is 10.1. The topological polar surface area (TPSA) is 75.5 Å². The molecule has 6 nitrogen and oxygen atoms in total. The predicted molar refractivity (Wildman–Crippen MR) is 110 cm³/mol. The number of nitrogens with one attached hydrogen (secondary N) is 1. The molecule has 1 aromatic carbocycles. The lowest BCUT2D eigenvalue weighted by Crippen LogP contribution is -2.29. The molecule has 2 aromatic heterocycles. The fourth-order valence-electron chi connectivity index (χ4n) is 3.45. The number of Topliss-reactive ketones (excluding diaryl/α,β-unsaturated/α-hetero) is 1. The van der Waals surface area contributed by atoms with E-state index in [4.69, 9.17) is 9.15 Å². The molecule has 0 radical (unpaired) electrons. The molecule has 2 heterocycles. The first kappa shape index (κ1) is 20.6. The number of hydrogen-bond donors (Lipinski definition) is 1. The number of carbonyl (C=O) groups excluding carboxylic acids is 2. The predicted octanol–water partition coefficient (Wildman–Crippen LogP) is 4.29. The van der Waals surface area contributed by atoms with Gasteiger partial charge in [-0.3, -0.25) is 9.69 Å². The highest BCUT2D eigenvalue weighted by Crippen LogP contribution is 2.20. The Kier molecular flexibility index (Phi) is 6.67. The van der Waals surface area contributed by atoms with Crippen molar-refractivity contribution in [2.24, 2.45) is 0 Å². The SMILES string of the molecule is CCOC(=O)c1c(C)[nH]c(C(=O)CN(Cc2ccccc2)Cc2ccco2)c1C. The van der Waals surface area contributed by atoms with Crippen LogP contribution in [-0.2, 0) is 17.8 Å². The van der Waals surface area contributed by atoms with Crippen LogP contribution in [0, 0.1) is 13.8 Å². The molecule has 0 unspecified atom stereocenters. The summed E-state index contributed by atoms with van der Waals surface area (Å²) in [7, 11) is 0. The fraction of sp³-hybridized carbons (Fsp3) is 0.304. The molecule has 0 spiro atoms. The van der Waals surface area contributed by atoms with Crippen LogP contribution in [-0.4, -0.2) is 34.8 Å². The molecule has 0 saturated heterocycles. The highest BCUT2D eigenvalue weighted by atomic mass is 16.5. The van der Waals surface area contributed by atoms with Gasteiger partial charge in [0.05, 0.1) is 37.2 Å². The third-order valence-electron chi connectivity index (χ3n) is 4.77. The standard InChI is InChI=1S/C23H26N2O4/c1-4-28-23(27)21-16(2)22(24-17(21)3)20(26)15-25(14-19-11-8-12-29-19)13-18-9-6-5-7-10-18/h5-12,24H,4,13-15H2,1-3H3. The summed E-state index contributed by atoms with van der Waals surface area (Å²) < 4.78 is 10.6. The number of hydrogen-bond acceptors (Lipinski definition) is 5. The zero-order valence-corrected chi connectivity index (χ0v) is 17.0. The maximum atomic E-state index is 13.1. The van der Waals surface area contributed by atoms with Gasteiger partial charge < -0.3 is 14.1 Å². The summed E-state index contributed by atoms with van der Waals surface area (Å²) in [6, 6.07) is 13.7. The number of benzene rings is 1. The zero-order chi connectivity index (χ0) is 20.8. The Morgan fingerprint density at radius 3 is 2.48 bits per heavy atom. The van der Waals surface area contributed by atoms with Crippen molar-refractivity contribution in [2.75, 3.05) is 13.2 Å². The van der Waals surface area contributed by atoms with E-state index in [1.54, 1.807) is 27.0 Å². The third-order valence-corrected chi connectivity index (χ3v) is 4.77. The largest absolute Gasteiger partial charge is 0.468 e. The van der Waals surface area contributed by atoms with Crippen molar-refractivity contribution in [3.8, 4) is 0 Å². The maximum Gasteiger partial charge on any atom is 0.340 e. The maximum absolute atomic E-state index is 13.1. The highest BCUT2D eigenvalue weighted by Gasteiger charge is 2.24. The first-order valence-electron chi connectivity index (χ1n) is 9.67. The van der Waals surface area contributed by atoms with Gasteiger partial charge in [0.1, 0.15) is 5.76 Å². The first-order chi connectivity index (χ1) is 14.0. The van der Waals surface area contributed by atoms with E-state index in [0.717, 1.165) is 11.3 Å². The van der Waals surface area contributed by atoms with Gasteiger partial charge in [-0.2, -0.15) is 0 Å². The Bertz CT molecular complexity index is 958. The van der Waals surface area contributed by atoms with Crippen molar-refractivity contribution >= 4 is 11.8 Å². The number of esters is 1. The first-order valence-corrected chi connectivity index (χ1v) is 9.67. The van der Waals surface area contributed by atoms with Crippen molar-refractivity contribution in [1.82, 2.24) is 9.88 Å². The Morgan fingerprint density at radius 2 is 1.83 bits per heavy atom. The Hall–Kier alpha value is -3.12. The Morgan fingerprint density at radius 1 is 1.07 bits per heavy atom. The van der Waals surface area contributed by atoms with Crippen LogP contribution in [0.1, 0.15) is 50.4 Å². The minimum Gasteiger partial charge on any atom is -0.468 e. The van der Waals surface area contributed by atoms with Crippen LogP contribution in [0.2, 0.25) is 0 Å². The smallest absolute Gasteiger partial charge is 0.340 e. The fourth-order valence-corrected chi connectivity index (χ4v) is 3.45. The quantitative estimate of drug-likeness (QED) is 0.433. The van der Waals surface area contributed by atoms with E-state index in [0.29, 0.717) is 42.2 Å². The van der Waals surface area contributed by atoms with E-state index in [9.17, 15) is 9.59 Å². The normalized spacial score (nSPS) is 11.0. The van der Waals surface area contributed by atoms with Gasteiger partial charge in [0.15, 0.2) is 5.78 Å². The summed E-state index contributed by atoms with van der Waals surface area (Å²) in [5.41, 5.74) is 3.27. The lowest BCUT2D eigenvalue weighted by Gasteiger charge is -2.20. The molecule has 29 heavy (non-hydrogen) atoms. The van der Waals surface area contributed by atoms with Gasteiger partial charge in [0.2, 0.25) is 0 Å². The molecule has 0 aliphatic heterocycles. The second-order valence-corrected chi connectivity index (χ2v) is 6.98. The summed E-state index contributed by atoms with van der Waals surface area (Å²) in [5, 5.41) is 0. The molecule has 0 amide bonds. The lowest BCUT2D eigenvalue weighted by molar-refractivity contribution is 0.0525. The van der Waals surface area contributed by atoms with E-state index in [-0.39, 0.29) is 12.3 Å². The van der Waals surface area contributed by atoms with Crippen molar-refractivity contribution < 1.29 is 18.7 Å². The number of H-pyrrole nitrogens is 1. The van der Waals surface area contributed by atoms with Crippen LogP contribution >= 0.6 is 0 Å². The third kappa shape index (κ3) is 5.03. The molecule has 3 aromatic rings. The number of aromatic amines is 1. The molecule has 3 rings (SSSR count). The number of carbonyl (C=O) groups is 2. The van der Waals surface area contributed by atoms with E-state index in [1.165, 1.54) is 0 Å². The van der Waals surface area contributed by atoms with Crippen molar-refractivity contribution in [1.29, 1.82) is 0 Å². The molecule has 152 valence electrons. The van der Waals surface area contributed by atoms with Gasteiger partial charge in [-0.25, -0.2) is 4.79 Å². The van der Waals surface area contributed by atoms with Gasteiger partial charge in [-0.15, -0.1) is 0 Å². The highest BCUT2D eigenvalue weighted by molar-refractivity contribution is 6.02. The Labute approximate surface area is 170 Å². The Balaban J connectivity index is 1.80. The molecular weight excluding hydrogens is 368 g/mol. The van der Waals surface area contributed by atoms with Crippen LogP contribution in [0.25, 0.3) is 0 Å². The number of ketones is 1. The minimum absolute atomic E-state index is 0.0800. The van der Waals surface area contributed by atoms with Gasteiger partial charge >= 0.3 is 5.97 Å². The summed E-state index contributed by atoms with van der Waals surface area (Å²) in [6.07, 6.45) is 1.63. The van der Waals surface area contributed by atoms with Crippen molar-refractivity contribution in [3.05, 3.63) is 82.6 Å². The monoisotopic (exact) mass is 394 g/mol. The van der Waals surface area contributed by atoms with E-state index in [1.807, 2.05) is 47.4 Å². The van der Waals surface area contributed by atoms with Crippen LogP contribution in [0.15, 0.2) is 53.1 Å². The van der Waals surface area contributed by atoms with Crippen LogP contribution in [0.5, 0.6) is 0 Å². The number of furan rings is 1. The van der Waals surface area contributed by atoms with Crippen LogP contribution in [0.4, 0.5) is 0 Å². The minimum atomic E-state index is -0.408. The molecule has 0 atom stereocenters. The van der Waals surface area contributed by atoms with E-state index < -0.39 is 5.97 Å². The molecule has 0 fully saturated rings. The number of aromatic nitrogens is 1. The van der Waals surface area contributed by atoms with Crippen LogP contribution in [0.3, 0.4) is 0 Å². The summed E-state index contributed by atoms with van der Waals surface area (Å²) in [5.74, 6) is 0.304. The zero-order valence-electron chi connectivity index (χ0n) is 17.0. The van der Waals surface area contributed by atoms with Gasteiger partial charge in [0.25, 0.3) is 0 Å². The molecular formula is C23H26N2O4. The average molecular weight is 394 g/mol. The summed E-state index contributed by atoms with van der Waals surface area (Å²) in [6.45, 7) is 6.92. The molecule has 0 aliphatic rings. The number of aryl methyl sites for hydroxylation is 1. The average Bonchev–Trinajstić information content (AvgIpc) is 3.30.